The molecule has 31 heavy (non-hydrogen) atoms. The first kappa shape index (κ1) is 22.7. The molecular weight excluding hydrogens is 456 g/mol. The maximum absolute atomic E-state index is 12.8. The lowest BCUT2D eigenvalue weighted by Gasteiger charge is -2.30. The predicted molar refractivity (Wildman–Crippen MR) is 106 cm³/mol. The number of aromatic nitrogens is 1. The van der Waals surface area contributed by atoms with E-state index in [2.05, 4.69) is 19.6 Å². The van der Waals surface area contributed by atoms with Gasteiger partial charge in [0.15, 0.2) is 17.0 Å². The summed E-state index contributed by atoms with van der Waals surface area (Å²) in [5.41, 5.74) is 10.6. The average molecular weight is 476 g/mol. The van der Waals surface area contributed by atoms with Gasteiger partial charge in [-0.1, -0.05) is 0 Å². The third kappa shape index (κ3) is 4.53. The van der Waals surface area contributed by atoms with Crippen molar-refractivity contribution in [3.8, 4) is 0 Å². The molecule has 0 saturated carbocycles. The molecule has 15 nitrogen and oxygen atoms in total. The van der Waals surface area contributed by atoms with Gasteiger partial charge < -0.3 is 26.6 Å². The van der Waals surface area contributed by atoms with Crippen LogP contribution in [-0.2, 0) is 19.5 Å². The van der Waals surface area contributed by atoms with Gasteiger partial charge in [-0.3, -0.25) is 19.1 Å². The maximum Gasteiger partial charge on any atom is 0.418 e. The number of hydroxylamine groups is 2. The first-order chi connectivity index (χ1) is 14.4. The van der Waals surface area contributed by atoms with Crippen LogP contribution in [0, 0.1) is 0 Å². The fourth-order valence-corrected chi connectivity index (χ4v) is 4.59. The van der Waals surface area contributed by atoms with E-state index in [9.17, 15) is 22.8 Å². The Morgan fingerprint density at radius 2 is 2.10 bits per heavy atom. The van der Waals surface area contributed by atoms with Crippen LogP contribution in [0.25, 0.3) is 0 Å². The van der Waals surface area contributed by atoms with Crippen molar-refractivity contribution in [2.24, 2.45) is 16.5 Å². The molecule has 0 aromatic carbocycles. The molecule has 3 heterocycles. The van der Waals surface area contributed by atoms with Crippen LogP contribution in [0.3, 0.4) is 0 Å². The van der Waals surface area contributed by atoms with Gasteiger partial charge in [-0.05, 0) is 0 Å². The molecule has 1 saturated heterocycles. The summed E-state index contributed by atoms with van der Waals surface area (Å²) in [6.07, 6.45) is 0. The lowest BCUT2D eigenvalue weighted by molar-refractivity contribution is -0.133. The average Bonchev–Trinajstić information content (AvgIpc) is 3.21. The second-order valence-corrected chi connectivity index (χ2v) is 8.78. The molecule has 2 aliphatic heterocycles. The van der Waals surface area contributed by atoms with Crippen molar-refractivity contribution in [1.29, 1.82) is 0 Å². The van der Waals surface area contributed by atoms with Crippen molar-refractivity contribution < 1.29 is 31.6 Å². The molecule has 2 unspecified atom stereocenters. The van der Waals surface area contributed by atoms with Crippen molar-refractivity contribution in [3.63, 3.8) is 0 Å². The molecule has 0 spiro atoms. The molecular formula is C14H20N8O7S2. The molecule has 1 aromatic rings. The normalized spacial score (nSPS) is 19.8. The number of aliphatic imine (C=N–C) groups is 1. The van der Waals surface area contributed by atoms with Crippen molar-refractivity contribution >= 4 is 45.5 Å². The largest absolute Gasteiger partial charge is 0.418 e. The monoisotopic (exact) mass is 476 g/mol. The zero-order valence-electron chi connectivity index (χ0n) is 16.4. The van der Waals surface area contributed by atoms with Crippen molar-refractivity contribution in [2.75, 3.05) is 33.7 Å². The van der Waals surface area contributed by atoms with Crippen LogP contribution in [-0.4, -0.2) is 90.4 Å². The number of guanidine groups is 1. The van der Waals surface area contributed by atoms with Crippen molar-refractivity contribution in [2.45, 2.75) is 12.1 Å². The Kier molecular flexibility index (Phi) is 6.03. The Morgan fingerprint density at radius 1 is 1.42 bits per heavy atom. The molecule has 1 aromatic heterocycles. The third-order valence-corrected chi connectivity index (χ3v) is 5.90. The minimum Gasteiger partial charge on any atom is -0.370 e. The summed E-state index contributed by atoms with van der Waals surface area (Å²) >= 11 is 0.876. The summed E-state index contributed by atoms with van der Waals surface area (Å²) in [6, 6.07) is -3.12. The molecule has 6 N–H and O–H groups in total. The number of nitrogens with one attached hydrogen (secondary N) is 1. The van der Waals surface area contributed by atoms with Gasteiger partial charge in [0.2, 0.25) is 0 Å². The molecule has 2 atom stereocenters. The van der Waals surface area contributed by atoms with Crippen molar-refractivity contribution in [3.05, 3.63) is 15.6 Å². The first-order valence-electron chi connectivity index (χ1n) is 8.73. The molecule has 3 rings (SSSR count). The highest BCUT2D eigenvalue weighted by molar-refractivity contribution is 7.80. The lowest BCUT2D eigenvalue weighted by atomic mass is 10.0. The number of rotatable bonds is 7. The van der Waals surface area contributed by atoms with Crippen LogP contribution in [0.15, 0.2) is 4.99 Å². The number of carbonyl (C=O) groups is 3. The molecule has 2 aliphatic rings. The quantitative estimate of drug-likeness (QED) is 0.144. The third-order valence-electron chi connectivity index (χ3n) is 4.38. The van der Waals surface area contributed by atoms with Gasteiger partial charge in [0.1, 0.15) is 6.04 Å². The molecule has 17 heteroatoms. The minimum atomic E-state index is -5.01. The van der Waals surface area contributed by atoms with Crippen molar-refractivity contribution in [1.82, 2.24) is 25.2 Å². The van der Waals surface area contributed by atoms with E-state index in [1.165, 1.54) is 19.0 Å². The fraction of sp³-hybridized carbons (Fsp3) is 0.500. The topological polar surface area (TPSA) is 214 Å². The molecule has 0 aliphatic carbocycles. The zero-order chi connectivity index (χ0) is 23.1. The van der Waals surface area contributed by atoms with Gasteiger partial charge in [0, 0.05) is 20.6 Å². The van der Waals surface area contributed by atoms with Crippen LogP contribution in [0.5, 0.6) is 0 Å². The number of urea groups is 1. The number of nitrogens with zero attached hydrogens (tertiary/aromatic N) is 5. The number of carbonyl (C=O) groups excluding carboxylic acids is 3. The smallest absolute Gasteiger partial charge is 0.370 e. The van der Waals surface area contributed by atoms with Crippen LogP contribution in [0.1, 0.15) is 32.5 Å². The summed E-state index contributed by atoms with van der Waals surface area (Å²) in [4.78, 5) is 48.5. The summed E-state index contributed by atoms with van der Waals surface area (Å²) < 4.78 is 35.9. The highest BCUT2D eigenvalue weighted by Crippen LogP contribution is 2.46. The number of likely N-dealkylation sites (N-methyl/N-ethyl adjacent to an activating group) is 1. The SMILES string of the molecule is CN(C)C(=O)C1c2nc(C(=O)NCCN=C(N)N)sc2C2CN1C(=O)N2OS(=O)(=O)O. The van der Waals surface area contributed by atoms with Crippen LogP contribution in [0.4, 0.5) is 4.79 Å². The molecule has 1 fully saturated rings. The summed E-state index contributed by atoms with van der Waals surface area (Å²) in [7, 11) is -2.06. The number of amides is 4. The number of fused-ring (bicyclic) bond motifs is 4. The highest BCUT2D eigenvalue weighted by Gasteiger charge is 2.54. The first-order valence-corrected chi connectivity index (χ1v) is 10.9. The Labute approximate surface area is 180 Å². The standard InChI is InChI=1S/C14H20N8O7S2/c1-20(2)12(24)8-7-9(6-5-21(8)14(25)22(6)29-31(26,27)28)30-11(19-7)10(23)17-3-4-18-13(15)16/h6,8H,3-5H2,1-2H3,(H,17,23)(H4,15,16,18)(H,26,27,28). The number of thiazole rings is 1. The van der Waals surface area contributed by atoms with Gasteiger partial charge in [-0.2, -0.15) is 13.5 Å². The van der Waals surface area contributed by atoms with E-state index >= 15 is 0 Å². The molecule has 4 amide bonds. The van der Waals surface area contributed by atoms with E-state index in [0.29, 0.717) is 9.94 Å². The van der Waals surface area contributed by atoms with Gasteiger partial charge in [-0.15, -0.1) is 15.6 Å². The molecule has 170 valence electrons. The van der Waals surface area contributed by atoms with E-state index in [1.807, 2.05) is 0 Å². The molecule has 2 bridgehead atoms. The minimum absolute atomic E-state index is 0.0146. The number of nitrogens with two attached hydrogens (primary N) is 2. The second kappa shape index (κ2) is 8.25. The van der Waals surface area contributed by atoms with E-state index < -0.39 is 40.3 Å². The second-order valence-electron chi connectivity index (χ2n) is 6.74. The summed E-state index contributed by atoms with van der Waals surface area (Å²) in [5.74, 6) is -1.20. The number of hydrogen-bond donors (Lipinski definition) is 4. The Hall–Kier alpha value is -3.02. The Balaban J connectivity index is 1.95. The Bertz CT molecular complexity index is 1050. The van der Waals surface area contributed by atoms with Crippen LogP contribution >= 0.6 is 11.3 Å². The summed E-state index contributed by atoms with van der Waals surface area (Å²) in [5, 5.41) is 3.01. The van der Waals surface area contributed by atoms with E-state index in [1.54, 1.807) is 0 Å². The zero-order valence-corrected chi connectivity index (χ0v) is 18.0. The maximum atomic E-state index is 12.8. The summed E-state index contributed by atoms with van der Waals surface area (Å²) in [6.45, 7) is 0.161. The van der Waals surface area contributed by atoms with Gasteiger partial charge in [-0.25, -0.2) is 9.78 Å². The fourth-order valence-electron chi connectivity index (χ4n) is 3.14. The Morgan fingerprint density at radius 3 is 2.68 bits per heavy atom. The molecule has 0 radical (unpaired) electrons. The lowest BCUT2D eigenvalue weighted by Crippen LogP contribution is -2.43. The van der Waals surface area contributed by atoms with Crippen LogP contribution in [0.2, 0.25) is 0 Å². The van der Waals surface area contributed by atoms with Crippen LogP contribution < -0.4 is 16.8 Å². The van der Waals surface area contributed by atoms with E-state index in [-0.39, 0.29) is 36.3 Å². The van der Waals surface area contributed by atoms with E-state index in [0.717, 1.165) is 16.2 Å². The van der Waals surface area contributed by atoms with Gasteiger partial charge >= 0.3 is 16.4 Å². The van der Waals surface area contributed by atoms with Gasteiger partial charge in [0.05, 0.1) is 23.7 Å². The number of hydrogen-bond acceptors (Lipinski definition) is 9. The van der Waals surface area contributed by atoms with Gasteiger partial charge in [0.25, 0.3) is 11.8 Å². The predicted octanol–water partition coefficient (Wildman–Crippen LogP) is -2.20. The van der Waals surface area contributed by atoms with E-state index in [4.69, 9.17) is 16.0 Å². The highest BCUT2D eigenvalue weighted by atomic mass is 32.3.